The van der Waals surface area contributed by atoms with E-state index in [0.29, 0.717) is 11.4 Å². The van der Waals surface area contributed by atoms with Crippen LogP contribution in [0.25, 0.3) is 16.7 Å². The predicted molar refractivity (Wildman–Crippen MR) is 109 cm³/mol. The number of hydrogen-bond acceptors (Lipinski definition) is 5. The molecule has 1 N–H and O–H groups in total. The van der Waals surface area contributed by atoms with E-state index in [0.717, 1.165) is 39.6 Å². The van der Waals surface area contributed by atoms with Gasteiger partial charge in [0.25, 0.3) is 5.91 Å². The lowest BCUT2D eigenvalue weighted by molar-refractivity contribution is 0.0998. The van der Waals surface area contributed by atoms with Gasteiger partial charge < -0.3 is 14.5 Å². The fraction of sp³-hybridized carbons (Fsp3) is 0.143. The first-order chi connectivity index (χ1) is 13.7. The summed E-state index contributed by atoms with van der Waals surface area (Å²) in [6.45, 7) is 0. The van der Waals surface area contributed by atoms with Crippen LogP contribution in [0.4, 0.5) is 5.82 Å². The number of nitrogens with one attached hydrogen (secondary N) is 1. The number of benzene rings is 2. The van der Waals surface area contributed by atoms with Crippen molar-refractivity contribution in [3.8, 4) is 11.4 Å². The summed E-state index contributed by atoms with van der Waals surface area (Å²) in [6.07, 6.45) is 0. The zero-order chi connectivity index (χ0) is 19.1. The summed E-state index contributed by atoms with van der Waals surface area (Å²) in [5.41, 5.74) is 3.61. The zero-order valence-corrected chi connectivity index (χ0v) is 16.0. The highest BCUT2D eigenvalue weighted by molar-refractivity contribution is 7.98. The number of amides is 1. The van der Waals surface area contributed by atoms with E-state index in [-0.39, 0.29) is 11.7 Å². The Morgan fingerprint density at radius 3 is 2.79 bits per heavy atom. The number of ether oxygens (including phenoxy) is 1. The molecule has 0 aliphatic carbocycles. The lowest BCUT2D eigenvalue weighted by Crippen LogP contribution is -2.15. The quantitative estimate of drug-likeness (QED) is 0.549. The number of thioether (sulfide) groups is 1. The Kier molecular flexibility index (Phi) is 4.09. The zero-order valence-electron chi connectivity index (χ0n) is 15.1. The number of hydrogen-bond donors (Lipinski definition) is 1. The van der Waals surface area contributed by atoms with Gasteiger partial charge >= 0.3 is 0 Å². The van der Waals surface area contributed by atoms with Gasteiger partial charge in [0.1, 0.15) is 17.2 Å². The van der Waals surface area contributed by atoms with Gasteiger partial charge in [-0.15, -0.1) is 0 Å². The van der Waals surface area contributed by atoms with Crippen molar-refractivity contribution in [3.05, 3.63) is 71.6 Å². The highest BCUT2D eigenvalue weighted by atomic mass is 32.2. The highest BCUT2D eigenvalue weighted by Crippen LogP contribution is 2.36. The van der Waals surface area contributed by atoms with Gasteiger partial charge in [-0.3, -0.25) is 4.79 Å². The van der Waals surface area contributed by atoms with Crippen molar-refractivity contribution < 1.29 is 13.9 Å². The number of fused-ring (bicyclic) bond motifs is 2. The molecule has 28 heavy (non-hydrogen) atoms. The average molecular weight is 391 g/mol. The number of rotatable bonds is 4. The van der Waals surface area contributed by atoms with Gasteiger partial charge in [0.15, 0.2) is 5.76 Å². The fourth-order valence-electron chi connectivity index (χ4n) is 3.31. The van der Waals surface area contributed by atoms with Crippen LogP contribution in [0.1, 0.15) is 21.8 Å². The van der Waals surface area contributed by atoms with Crippen LogP contribution >= 0.6 is 11.8 Å². The number of carbonyl (C=O) groups excluding carboxylic acids is 1. The van der Waals surface area contributed by atoms with Crippen molar-refractivity contribution in [3.63, 3.8) is 0 Å². The van der Waals surface area contributed by atoms with Crippen molar-refractivity contribution in [2.45, 2.75) is 11.5 Å². The summed E-state index contributed by atoms with van der Waals surface area (Å²) in [6, 6.07) is 16.9. The minimum Gasteiger partial charge on any atom is -0.497 e. The first-order valence-corrected chi connectivity index (χ1v) is 10.0. The molecule has 2 aromatic heterocycles. The van der Waals surface area contributed by atoms with E-state index in [4.69, 9.17) is 14.3 Å². The molecule has 1 aliphatic heterocycles. The Bertz CT molecular complexity index is 1140. The SMILES string of the molecule is COc1ccc(-n2nc3c(c2NC(=O)c2cc4ccccc4o2)CSC3)cc1. The summed E-state index contributed by atoms with van der Waals surface area (Å²) in [5, 5.41) is 8.63. The molecule has 7 heteroatoms. The molecule has 0 unspecified atom stereocenters. The number of nitrogens with zero attached hydrogens (tertiary/aromatic N) is 2. The standard InChI is InChI=1S/C21H17N3O3S/c1-26-15-8-6-14(7-9-15)24-20(16-11-28-12-17(16)23-24)22-21(25)19-10-13-4-2-3-5-18(13)27-19/h2-10H,11-12H2,1H3,(H,22,25). The predicted octanol–water partition coefficient (Wildman–Crippen LogP) is 4.63. The molecule has 1 amide bonds. The van der Waals surface area contributed by atoms with Crippen molar-refractivity contribution >= 4 is 34.5 Å². The lowest BCUT2D eigenvalue weighted by Gasteiger charge is -2.10. The molecule has 2 aromatic carbocycles. The largest absolute Gasteiger partial charge is 0.497 e. The minimum atomic E-state index is -0.287. The van der Waals surface area contributed by atoms with Crippen LogP contribution in [0.15, 0.2) is 59.0 Å². The Balaban J connectivity index is 1.52. The summed E-state index contributed by atoms with van der Waals surface area (Å²) in [4.78, 5) is 12.9. The Morgan fingerprint density at radius 1 is 1.18 bits per heavy atom. The Hall–Kier alpha value is -3.19. The smallest absolute Gasteiger partial charge is 0.292 e. The van der Waals surface area contributed by atoms with Gasteiger partial charge in [-0.2, -0.15) is 16.9 Å². The molecular weight excluding hydrogens is 374 g/mol. The molecule has 0 atom stereocenters. The number of furan rings is 1. The molecule has 0 spiro atoms. The molecule has 140 valence electrons. The molecule has 0 fully saturated rings. The van der Waals surface area contributed by atoms with E-state index in [1.54, 1.807) is 29.6 Å². The van der Waals surface area contributed by atoms with Crippen LogP contribution in [-0.4, -0.2) is 22.8 Å². The number of aromatic nitrogens is 2. The van der Waals surface area contributed by atoms with Crippen LogP contribution in [0.2, 0.25) is 0 Å². The van der Waals surface area contributed by atoms with Gasteiger partial charge in [-0.25, -0.2) is 4.68 Å². The molecule has 0 radical (unpaired) electrons. The summed E-state index contributed by atoms with van der Waals surface area (Å²) >= 11 is 1.79. The van der Waals surface area contributed by atoms with Gasteiger partial charge in [0.2, 0.25) is 0 Å². The van der Waals surface area contributed by atoms with E-state index in [1.165, 1.54) is 0 Å². The van der Waals surface area contributed by atoms with Gasteiger partial charge in [-0.05, 0) is 36.4 Å². The monoisotopic (exact) mass is 391 g/mol. The first-order valence-electron chi connectivity index (χ1n) is 8.86. The normalized spacial score (nSPS) is 12.9. The number of para-hydroxylation sites is 1. The first kappa shape index (κ1) is 16.9. The maximum absolute atomic E-state index is 12.9. The number of methoxy groups -OCH3 is 1. The molecule has 1 aliphatic rings. The highest BCUT2D eigenvalue weighted by Gasteiger charge is 2.26. The van der Waals surface area contributed by atoms with E-state index in [1.807, 2.05) is 48.5 Å². The maximum atomic E-state index is 12.9. The van der Waals surface area contributed by atoms with Crippen molar-refractivity contribution in [1.29, 1.82) is 0 Å². The third-order valence-electron chi connectivity index (χ3n) is 4.75. The molecule has 0 bridgehead atoms. The van der Waals surface area contributed by atoms with Crippen LogP contribution in [0.3, 0.4) is 0 Å². The van der Waals surface area contributed by atoms with Crippen LogP contribution in [-0.2, 0) is 11.5 Å². The molecule has 5 rings (SSSR count). The summed E-state index contributed by atoms with van der Waals surface area (Å²) in [5.74, 6) is 3.11. The second-order valence-electron chi connectivity index (χ2n) is 6.48. The summed E-state index contributed by atoms with van der Waals surface area (Å²) in [7, 11) is 1.63. The molecule has 4 aromatic rings. The maximum Gasteiger partial charge on any atom is 0.292 e. The third-order valence-corrected chi connectivity index (χ3v) is 5.72. The average Bonchev–Trinajstić information content (AvgIpc) is 3.43. The van der Waals surface area contributed by atoms with Crippen LogP contribution in [0, 0.1) is 0 Å². The van der Waals surface area contributed by atoms with E-state index in [2.05, 4.69) is 5.32 Å². The number of anilines is 1. The molecular formula is C21H17N3O3S. The summed E-state index contributed by atoms with van der Waals surface area (Å²) < 4.78 is 12.7. The Morgan fingerprint density at radius 2 is 2.00 bits per heavy atom. The van der Waals surface area contributed by atoms with E-state index >= 15 is 0 Å². The third kappa shape index (κ3) is 2.84. The van der Waals surface area contributed by atoms with Gasteiger partial charge in [0, 0.05) is 22.5 Å². The molecule has 0 saturated heterocycles. The fourth-order valence-corrected chi connectivity index (χ4v) is 4.35. The molecule has 6 nitrogen and oxygen atoms in total. The second-order valence-corrected chi connectivity index (χ2v) is 7.46. The minimum absolute atomic E-state index is 0.281. The van der Waals surface area contributed by atoms with Crippen LogP contribution in [0.5, 0.6) is 5.75 Å². The topological polar surface area (TPSA) is 69.3 Å². The number of carbonyl (C=O) groups is 1. The van der Waals surface area contributed by atoms with Crippen molar-refractivity contribution in [1.82, 2.24) is 9.78 Å². The van der Waals surface area contributed by atoms with Crippen molar-refractivity contribution in [2.75, 3.05) is 12.4 Å². The second kappa shape index (κ2) is 6.76. The van der Waals surface area contributed by atoms with E-state index < -0.39 is 0 Å². The molecule has 3 heterocycles. The molecule has 0 saturated carbocycles. The van der Waals surface area contributed by atoms with Gasteiger partial charge in [0.05, 0.1) is 18.5 Å². The van der Waals surface area contributed by atoms with Gasteiger partial charge in [-0.1, -0.05) is 18.2 Å². The van der Waals surface area contributed by atoms with Crippen LogP contribution < -0.4 is 10.1 Å². The lowest BCUT2D eigenvalue weighted by atomic mass is 10.2. The van der Waals surface area contributed by atoms with Crippen molar-refractivity contribution in [2.24, 2.45) is 0 Å². The van der Waals surface area contributed by atoms with E-state index in [9.17, 15) is 4.79 Å². The Labute approximate surface area is 165 Å².